The Labute approximate surface area is 246 Å². The van der Waals surface area contributed by atoms with E-state index in [-0.39, 0.29) is 29.3 Å². The van der Waals surface area contributed by atoms with E-state index in [2.05, 4.69) is 15.6 Å². The van der Waals surface area contributed by atoms with Crippen LogP contribution in [0.3, 0.4) is 0 Å². The number of benzene rings is 2. The van der Waals surface area contributed by atoms with E-state index >= 15 is 0 Å². The number of nitrogens with zero attached hydrogens (tertiary/aromatic N) is 2. The molecule has 226 valence electrons. The quantitative estimate of drug-likeness (QED) is 0.368. The van der Waals surface area contributed by atoms with Gasteiger partial charge in [0.05, 0.1) is 21.9 Å². The largest absolute Gasteiger partial charge is 0.391 e. The number of nitrogens with one attached hydrogen (secondary N) is 2. The van der Waals surface area contributed by atoms with E-state index in [0.717, 1.165) is 0 Å². The van der Waals surface area contributed by atoms with Gasteiger partial charge in [-0.1, -0.05) is 35.9 Å². The molecule has 4 fully saturated rings. The van der Waals surface area contributed by atoms with Gasteiger partial charge in [0.1, 0.15) is 11.7 Å². The third-order valence-electron chi connectivity index (χ3n) is 9.09. The molecule has 2 aromatic carbocycles. The number of aliphatic imine (C=N–C) groups is 1. The van der Waals surface area contributed by atoms with Crippen molar-refractivity contribution in [1.82, 2.24) is 14.9 Å². The molecule has 4 saturated carbocycles. The zero-order chi connectivity index (χ0) is 30.3. The van der Waals surface area contributed by atoms with E-state index in [1.807, 2.05) is 0 Å². The second kappa shape index (κ2) is 9.40. The van der Waals surface area contributed by atoms with Crippen LogP contribution in [-0.4, -0.2) is 53.3 Å². The molecule has 1 heterocycles. The lowest BCUT2D eigenvalue weighted by atomic mass is 9.38. The normalized spacial score (nSPS) is 28.8. The van der Waals surface area contributed by atoms with Gasteiger partial charge in [0.15, 0.2) is 6.04 Å². The second-order valence-electron chi connectivity index (χ2n) is 12.9. The number of hydrogen-bond donors (Lipinski definition) is 2. The number of halogens is 5. The Morgan fingerprint density at radius 2 is 1.76 bits per heavy atom. The van der Waals surface area contributed by atoms with Crippen molar-refractivity contribution in [2.24, 2.45) is 10.4 Å². The average molecular weight is 627 g/mol. The molecule has 0 spiro atoms. The van der Waals surface area contributed by atoms with Gasteiger partial charge in [0.25, 0.3) is 0 Å². The SMILES string of the molecule is CC1(C)NC(C23CC(N(Cc4ccc(Cl)c(F)c4)S(=O)(=O)c4ccccc4)(C2)C3)=N[C@H]1C(=O)NC1(CC(F)(F)F)CC1. The van der Waals surface area contributed by atoms with Gasteiger partial charge in [-0.3, -0.25) is 9.79 Å². The summed E-state index contributed by atoms with van der Waals surface area (Å²) in [7, 11) is -3.97. The number of alkyl halides is 3. The van der Waals surface area contributed by atoms with Gasteiger partial charge in [-0.2, -0.15) is 17.5 Å². The highest BCUT2D eigenvalue weighted by Crippen LogP contribution is 2.71. The highest BCUT2D eigenvalue weighted by molar-refractivity contribution is 7.89. The zero-order valence-electron chi connectivity index (χ0n) is 23.1. The van der Waals surface area contributed by atoms with Crippen LogP contribution >= 0.6 is 11.6 Å². The summed E-state index contributed by atoms with van der Waals surface area (Å²) >= 11 is 5.85. The minimum atomic E-state index is -4.38. The average Bonchev–Trinajstić information content (AvgIpc) is 3.50. The number of carbonyl (C=O) groups excluding carboxylic acids is 1. The molecule has 2 N–H and O–H groups in total. The molecular formula is C29H31ClF4N4O3S. The molecule has 2 aromatic rings. The van der Waals surface area contributed by atoms with Crippen molar-refractivity contribution in [1.29, 1.82) is 0 Å². The third-order valence-corrected chi connectivity index (χ3v) is 11.4. The predicted octanol–water partition coefficient (Wildman–Crippen LogP) is 5.34. The van der Waals surface area contributed by atoms with E-state index in [9.17, 15) is 30.8 Å². The lowest BCUT2D eigenvalue weighted by Gasteiger charge is -2.73. The highest BCUT2D eigenvalue weighted by Gasteiger charge is 2.75. The summed E-state index contributed by atoms with van der Waals surface area (Å²) in [6.07, 6.45) is -3.59. The molecule has 0 aromatic heterocycles. The van der Waals surface area contributed by atoms with Crippen LogP contribution in [-0.2, 0) is 21.4 Å². The summed E-state index contributed by atoms with van der Waals surface area (Å²) in [6, 6.07) is 11.3. The molecule has 7 rings (SSSR count). The molecule has 1 aliphatic heterocycles. The molecule has 0 saturated heterocycles. The summed E-state index contributed by atoms with van der Waals surface area (Å²) in [6.45, 7) is 3.50. The topological polar surface area (TPSA) is 90.9 Å². The van der Waals surface area contributed by atoms with Crippen LogP contribution in [0.5, 0.6) is 0 Å². The zero-order valence-corrected chi connectivity index (χ0v) is 24.6. The fraction of sp³-hybridized carbons (Fsp3) is 0.517. The van der Waals surface area contributed by atoms with Crippen molar-refractivity contribution in [2.75, 3.05) is 0 Å². The minimum Gasteiger partial charge on any atom is -0.366 e. The van der Waals surface area contributed by atoms with Gasteiger partial charge in [-0.05, 0) is 75.8 Å². The monoisotopic (exact) mass is 626 g/mol. The Bertz CT molecular complexity index is 1560. The fourth-order valence-electron chi connectivity index (χ4n) is 6.84. The van der Waals surface area contributed by atoms with Crippen LogP contribution < -0.4 is 10.6 Å². The fourth-order valence-corrected chi connectivity index (χ4v) is 8.74. The first-order valence-corrected chi connectivity index (χ1v) is 15.6. The van der Waals surface area contributed by atoms with Crippen molar-refractivity contribution < 1.29 is 30.8 Å². The molecular weight excluding hydrogens is 596 g/mol. The first-order chi connectivity index (χ1) is 19.5. The number of sulfonamides is 1. The standard InChI is InChI=1S/C29H31ClF4N4O3S/c1-25(2)22(23(39)36-27(10-11-27)17-29(32,33)34)35-24(37-25)26-14-28(15-26,16-26)38(13-18-8-9-20(30)21(31)12-18)42(40,41)19-6-4-3-5-7-19/h3-9,12,22H,10-11,13-17H2,1-2H3,(H,35,37)(H,36,39)/t22-,26?,28?/m0/s1. The summed E-state index contributed by atoms with van der Waals surface area (Å²) in [5, 5.41) is 5.87. The molecule has 1 atom stereocenters. The summed E-state index contributed by atoms with van der Waals surface area (Å²) in [5.74, 6) is -0.618. The molecule has 42 heavy (non-hydrogen) atoms. The summed E-state index contributed by atoms with van der Waals surface area (Å²) in [4.78, 5) is 18.0. The molecule has 5 aliphatic rings. The van der Waals surface area contributed by atoms with Crippen LogP contribution in [0.4, 0.5) is 17.6 Å². The number of amides is 1. The Kier molecular flexibility index (Phi) is 6.57. The molecule has 1 amide bonds. The van der Waals surface area contributed by atoms with Crippen molar-refractivity contribution in [3.63, 3.8) is 0 Å². The maximum Gasteiger partial charge on any atom is 0.391 e. The van der Waals surface area contributed by atoms with Gasteiger partial charge in [0, 0.05) is 23.0 Å². The molecule has 4 aliphatic carbocycles. The molecule has 0 radical (unpaired) electrons. The lowest BCUT2D eigenvalue weighted by Crippen LogP contribution is -2.78. The van der Waals surface area contributed by atoms with Crippen LogP contribution in [0, 0.1) is 11.2 Å². The Morgan fingerprint density at radius 1 is 1.12 bits per heavy atom. The Balaban J connectivity index is 1.23. The van der Waals surface area contributed by atoms with Crippen LogP contribution in [0.25, 0.3) is 0 Å². The van der Waals surface area contributed by atoms with E-state index in [4.69, 9.17) is 11.6 Å². The third kappa shape index (κ3) is 4.98. The first kappa shape index (κ1) is 29.4. The van der Waals surface area contributed by atoms with Crippen molar-refractivity contribution in [2.45, 2.75) is 92.6 Å². The molecule has 13 heteroatoms. The van der Waals surface area contributed by atoms with Crippen molar-refractivity contribution in [3.05, 3.63) is 64.9 Å². The maximum absolute atomic E-state index is 14.3. The Hall–Kier alpha value is -2.70. The van der Waals surface area contributed by atoms with Crippen LogP contribution in [0.2, 0.25) is 5.02 Å². The smallest absolute Gasteiger partial charge is 0.366 e. The number of hydrogen-bond acceptors (Lipinski definition) is 5. The first-order valence-electron chi connectivity index (χ1n) is 13.8. The number of amidine groups is 1. The van der Waals surface area contributed by atoms with E-state index in [0.29, 0.717) is 30.7 Å². The molecule has 0 unspecified atom stereocenters. The van der Waals surface area contributed by atoms with Crippen molar-refractivity contribution >= 4 is 33.4 Å². The van der Waals surface area contributed by atoms with E-state index < -0.39 is 62.4 Å². The minimum absolute atomic E-state index is 0.0564. The van der Waals surface area contributed by atoms with Gasteiger partial charge in [-0.15, -0.1) is 0 Å². The van der Waals surface area contributed by atoms with Gasteiger partial charge in [-0.25, -0.2) is 12.8 Å². The number of carbonyl (C=O) groups is 1. The van der Waals surface area contributed by atoms with Crippen molar-refractivity contribution in [3.8, 4) is 0 Å². The predicted molar refractivity (Wildman–Crippen MR) is 149 cm³/mol. The van der Waals surface area contributed by atoms with Gasteiger partial charge >= 0.3 is 6.18 Å². The van der Waals surface area contributed by atoms with E-state index in [1.54, 1.807) is 38.1 Å². The van der Waals surface area contributed by atoms with Gasteiger partial charge < -0.3 is 10.6 Å². The molecule has 2 bridgehead atoms. The van der Waals surface area contributed by atoms with Gasteiger partial charge in [0.2, 0.25) is 15.9 Å². The Morgan fingerprint density at radius 3 is 2.33 bits per heavy atom. The maximum atomic E-state index is 14.3. The van der Waals surface area contributed by atoms with Crippen LogP contribution in [0.1, 0.15) is 57.9 Å². The highest BCUT2D eigenvalue weighted by atomic mass is 35.5. The number of rotatable bonds is 9. The van der Waals surface area contributed by atoms with E-state index in [1.165, 1.54) is 28.6 Å². The molecule has 7 nitrogen and oxygen atoms in total. The summed E-state index contributed by atoms with van der Waals surface area (Å²) < 4.78 is 82.6. The lowest BCUT2D eigenvalue weighted by molar-refractivity contribution is -0.151. The second-order valence-corrected chi connectivity index (χ2v) is 15.2. The van der Waals surface area contributed by atoms with Crippen LogP contribution in [0.15, 0.2) is 58.4 Å². The summed E-state index contributed by atoms with van der Waals surface area (Å²) in [5.41, 5.74) is -2.86.